The first-order valence-corrected chi connectivity index (χ1v) is 6.88. The number of carbonyl (C=O) groups excluding carboxylic acids is 1. The van der Waals surface area contributed by atoms with Crippen LogP contribution in [0.25, 0.3) is 0 Å². The fourth-order valence-electron chi connectivity index (χ4n) is 2.49. The summed E-state index contributed by atoms with van der Waals surface area (Å²) in [6, 6.07) is 0. The molecule has 1 amide bonds. The van der Waals surface area contributed by atoms with Crippen LogP contribution in [0.4, 0.5) is 0 Å². The van der Waals surface area contributed by atoms with Crippen molar-refractivity contribution in [1.82, 2.24) is 25.0 Å². The third-order valence-corrected chi connectivity index (χ3v) is 3.59. The molecule has 1 atom stereocenters. The van der Waals surface area contributed by atoms with Gasteiger partial charge in [0.25, 0.3) is 5.91 Å². The second-order valence-electron chi connectivity index (χ2n) is 4.96. The zero-order chi connectivity index (χ0) is 13.9. The molecule has 1 fully saturated rings. The van der Waals surface area contributed by atoms with Crippen LogP contribution in [0, 0.1) is 0 Å². The first-order chi connectivity index (χ1) is 9.78. The van der Waals surface area contributed by atoms with E-state index in [0.717, 1.165) is 25.8 Å². The molecule has 0 aliphatic carbocycles. The summed E-state index contributed by atoms with van der Waals surface area (Å²) >= 11 is 0. The van der Waals surface area contributed by atoms with E-state index in [1.54, 1.807) is 6.20 Å². The van der Waals surface area contributed by atoms with Gasteiger partial charge in [-0.2, -0.15) is 4.98 Å². The molecule has 0 bridgehead atoms. The summed E-state index contributed by atoms with van der Waals surface area (Å²) in [6.07, 6.45) is 5.73. The highest BCUT2D eigenvalue weighted by molar-refractivity contribution is 5.92. The fraction of sp³-hybridized carbons (Fsp3) is 0.538. The maximum atomic E-state index is 12.3. The van der Waals surface area contributed by atoms with Crippen LogP contribution in [0.1, 0.15) is 47.9 Å². The number of carbonyl (C=O) groups is 1. The Morgan fingerprint density at radius 1 is 1.60 bits per heavy atom. The minimum atomic E-state index is -0.0218. The molecule has 1 N–H and O–H groups in total. The van der Waals surface area contributed by atoms with Crippen LogP contribution in [-0.2, 0) is 6.42 Å². The van der Waals surface area contributed by atoms with Crippen molar-refractivity contribution in [1.29, 1.82) is 0 Å². The minimum absolute atomic E-state index is 0.0218. The van der Waals surface area contributed by atoms with Gasteiger partial charge in [0.2, 0.25) is 5.89 Å². The van der Waals surface area contributed by atoms with Gasteiger partial charge in [-0.05, 0) is 12.8 Å². The molecule has 1 aliphatic rings. The second-order valence-corrected chi connectivity index (χ2v) is 4.96. The van der Waals surface area contributed by atoms with Crippen molar-refractivity contribution >= 4 is 5.91 Å². The van der Waals surface area contributed by atoms with Crippen LogP contribution in [0.2, 0.25) is 0 Å². The van der Waals surface area contributed by atoms with Crippen molar-refractivity contribution in [3.63, 3.8) is 0 Å². The van der Waals surface area contributed by atoms with E-state index in [1.807, 2.05) is 11.8 Å². The zero-order valence-electron chi connectivity index (χ0n) is 11.4. The number of aromatic nitrogens is 4. The molecule has 7 nitrogen and oxygen atoms in total. The Balaban J connectivity index is 1.71. The number of nitrogens with one attached hydrogen (secondary N) is 1. The topological polar surface area (TPSA) is 87.9 Å². The summed E-state index contributed by atoms with van der Waals surface area (Å²) in [5, 5.41) is 4.02. The van der Waals surface area contributed by atoms with Crippen LogP contribution < -0.4 is 0 Å². The molecular formula is C13H17N5O2. The lowest BCUT2D eigenvalue weighted by molar-refractivity contribution is 0.0698. The third-order valence-electron chi connectivity index (χ3n) is 3.59. The maximum absolute atomic E-state index is 12.3. The van der Waals surface area contributed by atoms with Crippen molar-refractivity contribution in [2.75, 3.05) is 13.1 Å². The van der Waals surface area contributed by atoms with Gasteiger partial charge in [0.15, 0.2) is 5.82 Å². The quantitative estimate of drug-likeness (QED) is 0.914. The second kappa shape index (κ2) is 5.44. The van der Waals surface area contributed by atoms with Crippen LogP contribution in [0.5, 0.6) is 0 Å². The normalized spacial score (nSPS) is 19.2. The van der Waals surface area contributed by atoms with E-state index in [4.69, 9.17) is 4.52 Å². The summed E-state index contributed by atoms with van der Waals surface area (Å²) in [6.45, 7) is 3.36. The molecule has 0 unspecified atom stereocenters. The number of hydrogen-bond acceptors (Lipinski definition) is 5. The number of amides is 1. The number of aromatic amines is 1. The maximum Gasteiger partial charge on any atom is 0.271 e. The van der Waals surface area contributed by atoms with Crippen molar-refractivity contribution in [3.05, 3.63) is 29.9 Å². The van der Waals surface area contributed by atoms with Crippen LogP contribution in [-0.4, -0.2) is 44.0 Å². The lowest BCUT2D eigenvalue weighted by Crippen LogP contribution is -2.39. The summed E-state index contributed by atoms with van der Waals surface area (Å²) in [7, 11) is 0. The number of nitrogens with zero attached hydrogens (tertiary/aromatic N) is 4. The summed E-state index contributed by atoms with van der Waals surface area (Å²) in [5.74, 6) is 1.49. The van der Waals surface area contributed by atoms with Gasteiger partial charge >= 0.3 is 0 Å². The number of likely N-dealkylation sites (tertiary alicyclic amines) is 1. The van der Waals surface area contributed by atoms with E-state index < -0.39 is 0 Å². The molecule has 0 spiro atoms. The highest BCUT2D eigenvalue weighted by Crippen LogP contribution is 2.25. The fourth-order valence-corrected chi connectivity index (χ4v) is 2.49. The van der Waals surface area contributed by atoms with E-state index in [0.29, 0.717) is 24.0 Å². The Kier molecular flexibility index (Phi) is 3.49. The van der Waals surface area contributed by atoms with Gasteiger partial charge in [-0.1, -0.05) is 12.1 Å². The van der Waals surface area contributed by atoms with E-state index in [-0.39, 0.29) is 11.8 Å². The predicted molar refractivity (Wildman–Crippen MR) is 70.1 cm³/mol. The predicted octanol–water partition coefficient (Wildman–Crippen LogP) is 1.37. The van der Waals surface area contributed by atoms with E-state index in [9.17, 15) is 4.79 Å². The lowest BCUT2D eigenvalue weighted by atomic mass is 9.97. The molecular weight excluding hydrogens is 258 g/mol. The van der Waals surface area contributed by atoms with Crippen molar-refractivity contribution in [2.45, 2.75) is 32.1 Å². The smallest absolute Gasteiger partial charge is 0.271 e. The molecule has 0 aromatic carbocycles. The van der Waals surface area contributed by atoms with Gasteiger partial charge in [-0.3, -0.25) is 4.79 Å². The van der Waals surface area contributed by atoms with Crippen molar-refractivity contribution in [2.24, 2.45) is 0 Å². The van der Waals surface area contributed by atoms with Gasteiger partial charge < -0.3 is 14.4 Å². The number of imidazole rings is 1. The molecule has 0 radical (unpaired) electrons. The van der Waals surface area contributed by atoms with Gasteiger partial charge in [-0.25, -0.2) is 4.98 Å². The highest BCUT2D eigenvalue weighted by atomic mass is 16.5. The summed E-state index contributed by atoms with van der Waals surface area (Å²) in [5.41, 5.74) is 0.521. The molecule has 3 heterocycles. The van der Waals surface area contributed by atoms with E-state index in [2.05, 4.69) is 20.1 Å². The van der Waals surface area contributed by atoms with E-state index >= 15 is 0 Å². The van der Waals surface area contributed by atoms with Gasteiger partial charge in [-0.15, -0.1) is 0 Å². The molecule has 2 aromatic heterocycles. The average molecular weight is 275 g/mol. The van der Waals surface area contributed by atoms with Gasteiger partial charge in [0.05, 0.1) is 12.5 Å². The Hall–Kier alpha value is -2.18. The first kappa shape index (κ1) is 12.8. The molecule has 1 saturated heterocycles. The number of piperidine rings is 1. The summed E-state index contributed by atoms with van der Waals surface area (Å²) in [4.78, 5) is 25.2. The lowest BCUT2D eigenvalue weighted by Gasteiger charge is -2.30. The molecule has 0 saturated carbocycles. The van der Waals surface area contributed by atoms with Crippen molar-refractivity contribution in [3.8, 4) is 0 Å². The molecule has 3 rings (SSSR count). The van der Waals surface area contributed by atoms with Crippen LogP contribution in [0.15, 0.2) is 17.0 Å². The highest BCUT2D eigenvalue weighted by Gasteiger charge is 2.28. The zero-order valence-corrected chi connectivity index (χ0v) is 11.4. The average Bonchev–Trinajstić information content (AvgIpc) is 3.17. The van der Waals surface area contributed by atoms with Gasteiger partial charge in [0.1, 0.15) is 5.69 Å². The van der Waals surface area contributed by atoms with E-state index in [1.165, 1.54) is 6.33 Å². The Bertz CT molecular complexity index is 577. The third kappa shape index (κ3) is 2.43. The Morgan fingerprint density at radius 2 is 2.50 bits per heavy atom. The molecule has 2 aromatic rings. The first-order valence-electron chi connectivity index (χ1n) is 6.88. The van der Waals surface area contributed by atoms with Crippen molar-refractivity contribution < 1.29 is 9.32 Å². The monoisotopic (exact) mass is 275 g/mol. The number of aryl methyl sites for hydroxylation is 1. The van der Waals surface area contributed by atoms with Crippen LogP contribution in [0.3, 0.4) is 0 Å². The number of hydrogen-bond donors (Lipinski definition) is 1. The largest absolute Gasteiger partial charge is 0.341 e. The summed E-state index contributed by atoms with van der Waals surface area (Å²) < 4.78 is 5.15. The number of H-pyrrole nitrogens is 1. The minimum Gasteiger partial charge on any atom is -0.341 e. The SMILES string of the molecule is CCc1nc([C@@H]2CCCN(C(=O)c3cnc[nH]3)C2)no1. The Labute approximate surface area is 116 Å². The number of rotatable bonds is 3. The Morgan fingerprint density at radius 3 is 3.20 bits per heavy atom. The molecule has 106 valence electrons. The van der Waals surface area contributed by atoms with Gasteiger partial charge in [0, 0.05) is 25.4 Å². The molecule has 1 aliphatic heterocycles. The molecule has 7 heteroatoms. The molecule has 20 heavy (non-hydrogen) atoms. The van der Waals surface area contributed by atoms with Crippen LogP contribution >= 0.6 is 0 Å². The standard InChI is InChI=1S/C13H17N5O2/c1-2-11-16-12(17-20-11)9-4-3-5-18(7-9)13(19)10-6-14-8-15-10/h6,8-9H,2-5,7H2,1H3,(H,14,15)/t9-/m1/s1.